The number of benzene rings is 2. The predicted molar refractivity (Wildman–Crippen MR) is 131 cm³/mol. The van der Waals surface area contributed by atoms with E-state index < -0.39 is 12.1 Å². The van der Waals surface area contributed by atoms with Gasteiger partial charge in [0.15, 0.2) is 0 Å². The van der Waals surface area contributed by atoms with Crippen LogP contribution in [-0.2, 0) is 14.3 Å². The lowest BCUT2D eigenvalue weighted by molar-refractivity contribution is -0.141. The van der Waals surface area contributed by atoms with Crippen molar-refractivity contribution in [1.82, 2.24) is 10.6 Å². The molecule has 0 radical (unpaired) electrons. The van der Waals surface area contributed by atoms with E-state index in [9.17, 15) is 14.4 Å². The third kappa shape index (κ3) is 5.04. The zero-order valence-electron chi connectivity index (χ0n) is 19.7. The standard InChI is InChI=1S/C28H32N2O5/c31-26(29-20-14-11-18(15-20)27(32)33)17-9-12-19(13-10-17)30-28(34)35-16-25-23-7-3-1-5-21(23)22-6-2-4-8-24(22)25/h1-8,17-20,25H,9-16H2,(H,29,31)(H,30,34)(H,32,33)/t17?,18-,19?,20+/m1/s1. The molecular weight excluding hydrogens is 444 g/mol. The summed E-state index contributed by atoms with van der Waals surface area (Å²) in [5.41, 5.74) is 4.77. The fourth-order valence-corrected chi connectivity index (χ4v) is 5.96. The summed E-state index contributed by atoms with van der Waals surface area (Å²) in [5.74, 6) is -1.16. The number of hydrogen-bond acceptors (Lipinski definition) is 4. The Morgan fingerprint density at radius 1 is 0.771 bits per heavy atom. The first-order valence-electron chi connectivity index (χ1n) is 12.6. The SMILES string of the molecule is O=C(NC1CCC(C(=O)N[C@H]2CC[C@@H](C(=O)O)C2)CC1)OCC1c2ccccc2-c2ccccc21. The molecule has 0 saturated heterocycles. The molecule has 0 spiro atoms. The first kappa shape index (κ1) is 23.4. The van der Waals surface area contributed by atoms with Gasteiger partial charge in [0.05, 0.1) is 5.92 Å². The number of carboxylic acids is 1. The summed E-state index contributed by atoms with van der Waals surface area (Å²) in [6.07, 6.45) is 4.31. The van der Waals surface area contributed by atoms with Gasteiger partial charge >= 0.3 is 12.1 Å². The molecular formula is C28H32N2O5. The van der Waals surface area contributed by atoms with E-state index >= 15 is 0 Å². The Morgan fingerprint density at radius 3 is 1.94 bits per heavy atom. The molecule has 7 nitrogen and oxygen atoms in total. The monoisotopic (exact) mass is 476 g/mol. The highest BCUT2D eigenvalue weighted by atomic mass is 16.5. The van der Waals surface area contributed by atoms with E-state index in [0.717, 1.165) is 19.3 Å². The second-order valence-corrected chi connectivity index (χ2v) is 10.1. The van der Waals surface area contributed by atoms with Gasteiger partial charge in [-0.1, -0.05) is 48.5 Å². The van der Waals surface area contributed by atoms with E-state index in [-0.39, 0.29) is 42.4 Å². The largest absolute Gasteiger partial charge is 0.481 e. The molecule has 0 unspecified atom stereocenters. The predicted octanol–water partition coefficient (Wildman–Crippen LogP) is 4.45. The third-order valence-corrected chi connectivity index (χ3v) is 7.89. The van der Waals surface area contributed by atoms with Crippen molar-refractivity contribution >= 4 is 18.0 Å². The van der Waals surface area contributed by atoms with Crippen molar-refractivity contribution in [1.29, 1.82) is 0 Å². The Bertz CT molecular complexity index is 1060. The molecule has 35 heavy (non-hydrogen) atoms. The molecule has 0 aliphatic heterocycles. The van der Waals surface area contributed by atoms with Crippen LogP contribution in [0.1, 0.15) is 62.0 Å². The smallest absolute Gasteiger partial charge is 0.407 e. The highest BCUT2D eigenvalue weighted by Gasteiger charge is 2.34. The van der Waals surface area contributed by atoms with Crippen LogP contribution in [0.4, 0.5) is 4.79 Å². The summed E-state index contributed by atoms with van der Waals surface area (Å²) in [4.78, 5) is 36.3. The first-order valence-corrected chi connectivity index (χ1v) is 12.6. The molecule has 2 aromatic carbocycles. The van der Waals surface area contributed by atoms with Crippen LogP contribution >= 0.6 is 0 Å². The van der Waals surface area contributed by atoms with Gasteiger partial charge in [-0.2, -0.15) is 0 Å². The van der Waals surface area contributed by atoms with Crippen LogP contribution < -0.4 is 10.6 Å². The van der Waals surface area contributed by atoms with Crippen molar-refractivity contribution < 1.29 is 24.2 Å². The minimum atomic E-state index is -0.776. The summed E-state index contributed by atoms with van der Waals surface area (Å²) in [5, 5.41) is 15.2. The number of amides is 2. The zero-order chi connectivity index (χ0) is 24.4. The molecule has 3 aliphatic rings. The molecule has 2 saturated carbocycles. The number of ether oxygens (including phenoxy) is 1. The van der Waals surface area contributed by atoms with E-state index in [0.29, 0.717) is 25.7 Å². The molecule has 5 rings (SSSR count). The Hall–Kier alpha value is -3.35. The van der Waals surface area contributed by atoms with Crippen LogP contribution in [0.2, 0.25) is 0 Å². The Labute approximate surface area is 205 Å². The van der Waals surface area contributed by atoms with Gasteiger partial charge in [0.25, 0.3) is 0 Å². The van der Waals surface area contributed by atoms with Crippen molar-refractivity contribution in [2.75, 3.05) is 6.61 Å². The van der Waals surface area contributed by atoms with Gasteiger partial charge in [-0.15, -0.1) is 0 Å². The Kier molecular flexibility index (Phi) is 6.75. The highest BCUT2D eigenvalue weighted by Crippen LogP contribution is 2.44. The quantitative estimate of drug-likeness (QED) is 0.571. The van der Waals surface area contributed by atoms with Gasteiger partial charge in [0.1, 0.15) is 6.61 Å². The maximum Gasteiger partial charge on any atom is 0.407 e. The van der Waals surface area contributed by atoms with Crippen LogP contribution in [0.5, 0.6) is 0 Å². The van der Waals surface area contributed by atoms with Crippen molar-refractivity contribution in [3.8, 4) is 11.1 Å². The Balaban J connectivity index is 1.07. The number of alkyl carbamates (subject to hydrolysis) is 1. The van der Waals surface area contributed by atoms with Gasteiger partial charge < -0.3 is 20.5 Å². The fourth-order valence-electron chi connectivity index (χ4n) is 5.96. The van der Waals surface area contributed by atoms with Crippen LogP contribution in [0.25, 0.3) is 11.1 Å². The summed E-state index contributed by atoms with van der Waals surface area (Å²) in [7, 11) is 0. The molecule has 0 heterocycles. The van der Waals surface area contributed by atoms with Gasteiger partial charge in [0.2, 0.25) is 5.91 Å². The number of nitrogens with one attached hydrogen (secondary N) is 2. The van der Waals surface area contributed by atoms with Gasteiger partial charge in [-0.25, -0.2) is 4.79 Å². The van der Waals surface area contributed by atoms with Crippen molar-refractivity contribution in [3.63, 3.8) is 0 Å². The van der Waals surface area contributed by atoms with Crippen LogP contribution in [-0.4, -0.2) is 41.8 Å². The average Bonchev–Trinajstić information content (AvgIpc) is 3.46. The van der Waals surface area contributed by atoms with Gasteiger partial charge in [-0.05, 0) is 67.2 Å². The fraction of sp³-hybridized carbons (Fsp3) is 0.464. The lowest BCUT2D eigenvalue weighted by atomic mass is 9.85. The lowest BCUT2D eigenvalue weighted by Crippen LogP contribution is -2.43. The second kappa shape index (κ2) is 10.1. The maximum absolute atomic E-state index is 12.6. The van der Waals surface area contributed by atoms with Crippen molar-refractivity contribution in [3.05, 3.63) is 59.7 Å². The van der Waals surface area contributed by atoms with Gasteiger partial charge in [0, 0.05) is 23.9 Å². The van der Waals surface area contributed by atoms with Crippen molar-refractivity contribution in [2.45, 2.75) is 62.9 Å². The summed E-state index contributed by atoms with van der Waals surface area (Å²) >= 11 is 0. The summed E-state index contributed by atoms with van der Waals surface area (Å²) in [6, 6.07) is 16.5. The molecule has 2 aromatic rings. The van der Waals surface area contributed by atoms with E-state index in [1.54, 1.807) is 0 Å². The number of carbonyl (C=O) groups excluding carboxylic acids is 2. The number of rotatable bonds is 6. The number of aliphatic carboxylic acids is 1. The number of carbonyl (C=O) groups is 3. The van der Waals surface area contributed by atoms with Crippen LogP contribution in [0.15, 0.2) is 48.5 Å². The zero-order valence-corrected chi connectivity index (χ0v) is 19.7. The van der Waals surface area contributed by atoms with E-state index in [1.165, 1.54) is 22.3 Å². The second-order valence-electron chi connectivity index (χ2n) is 10.1. The normalized spacial score (nSPS) is 25.4. The van der Waals surface area contributed by atoms with Gasteiger partial charge in [-0.3, -0.25) is 9.59 Å². The minimum Gasteiger partial charge on any atom is -0.481 e. The number of fused-ring (bicyclic) bond motifs is 3. The summed E-state index contributed by atoms with van der Waals surface area (Å²) in [6.45, 7) is 0.288. The van der Waals surface area contributed by atoms with E-state index in [4.69, 9.17) is 9.84 Å². The van der Waals surface area contributed by atoms with E-state index in [1.807, 2.05) is 24.3 Å². The number of carboxylic acid groups (broad SMARTS) is 1. The molecule has 2 amide bonds. The maximum atomic E-state index is 12.6. The minimum absolute atomic E-state index is 0.00225. The number of hydrogen-bond donors (Lipinski definition) is 3. The lowest BCUT2D eigenvalue weighted by Gasteiger charge is -2.29. The molecule has 0 bridgehead atoms. The molecule has 2 atom stereocenters. The molecule has 3 N–H and O–H groups in total. The molecule has 0 aromatic heterocycles. The van der Waals surface area contributed by atoms with Crippen molar-refractivity contribution in [2.24, 2.45) is 11.8 Å². The van der Waals surface area contributed by atoms with Crippen LogP contribution in [0, 0.1) is 11.8 Å². The summed E-state index contributed by atoms with van der Waals surface area (Å²) < 4.78 is 5.66. The highest BCUT2D eigenvalue weighted by molar-refractivity contribution is 5.80. The molecule has 184 valence electrons. The Morgan fingerprint density at radius 2 is 1.34 bits per heavy atom. The topological polar surface area (TPSA) is 105 Å². The third-order valence-electron chi connectivity index (χ3n) is 7.89. The molecule has 3 aliphatic carbocycles. The first-order chi connectivity index (χ1) is 17.0. The average molecular weight is 477 g/mol. The van der Waals surface area contributed by atoms with Crippen LogP contribution in [0.3, 0.4) is 0 Å². The van der Waals surface area contributed by atoms with E-state index in [2.05, 4.69) is 34.9 Å². The molecule has 7 heteroatoms. The molecule has 2 fully saturated rings.